The molecule has 0 radical (unpaired) electrons. The standard InChI is InChI=1S/C18H31NO10/c1-23-5-7-25-11-15(12-26-8-6-24-2)13-27-9-10-28-14-18(22)29-19-16(20)3-4-17(19)21/h15H,3-14H2,1-2H3. The van der Waals surface area contributed by atoms with Crippen molar-refractivity contribution in [3.05, 3.63) is 0 Å². The summed E-state index contributed by atoms with van der Waals surface area (Å²) in [5, 5.41) is 0.486. The fraction of sp³-hybridized carbons (Fsp3) is 0.833. The monoisotopic (exact) mass is 421 g/mol. The molecule has 1 heterocycles. The largest absolute Gasteiger partial charge is 0.382 e. The highest BCUT2D eigenvalue weighted by Crippen LogP contribution is 2.12. The summed E-state index contributed by atoms with van der Waals surface area (Å²) in [4.78, 5) is 39.0. The molecule has 0 aliphatic carbocycles. The van der Waals surface area contributed by atoms with Gasteiger partial charge in [-0.05, 0) is 0 Å². The van der Waals surface area contributed by atoms with Gasteiger partial charge in [-0.3, -0.25) is 9.59 Å². The summed E-state index contributed by atoms with van der Waals surface area (Å²) in [6, 6.07) is 0. The molecule has 1 aliphatic heterocycles. The fourth-order valence-corrected chi connectivity index (χ4v) is 2.24. The van der Waals surface area contributed by atoms with Gasteiger partial charge in [-0.2, -0.15) is 0 Å². The minimum absolute atomic E-state index is 0.0286. The summed E-state index contributed by atoms with van der Waals surface area (Å²) in [6.07, 6.45) is 0.0959. The van der Waals surface area contributed by atoms with Crippen molar-refractivity contribution in [2.24, 2.45) is 5.92 Å². The van der Waals surface area contributed by atoms with Gasteiger partial charge in [0, 0.05) is 33.0 Å². The summed E-state index contributed by atoms with van der Waals surface area (Å²) in [6.45, 7) is 3.32. The summed E-state index contributed by atoms with van der Waals surface area (Å²) in [5.41, 5.74) is 0. The Morgan fingerprint density at radius 1 is 0.793 bits per heavy atom. The first-order valence-electron chi connectivity index (χ1n) is 9.43. The number of amides is 2. The van der Waals surface area contributed by atoms with Crippen LogP contribution in [0.15, 0.2) is 0 Å². The summed E-state index contributed by atoms with van der Waals surface area (Å²) in [5.74, 6) is -1.85. The zero-order chi connectivity index (χ0) is 21.3. The predicted octanol–water partition coefficient (Wildman–Crippen LogP) is -0.431. The second-order valence-electron chi connectivity index (χ2n) is 6.17. The third-order valence-corrected chi connectivity index (χ3v) is 3.72. The molecule has 11 nitrogen and oxygen atoms in total. The van der Waals surface area contributed by atoms with E-state index in [1.54, 1.807) is 14.2 Å². The molecule has 0 atom stereocenters. The molecule has 1 saturated heterocycles. The van der Waals surface area contributed by atoms with Gasteiger partial charge in [-0.1, -0.05) is 0 Å². The average Bonchev–Trinajstić information content (AvgIpc) is 3.02. The third-order valence-electron chi connectivity index (χ3n) is 3.72. The van der Waals surface area contributed by atoms with Crippen LogP contribution in [0.5, 0.6) is 0 Å². The van der Waals surface area contributed by atoms with E-state index in [1.807, 2.05) is 0 Å². The van der Waals surface area contributed by atoms with E-state index in [4.69, 9.17) is 28.4 Å². The number of rotatable bonds is 18. The molecule has 0 unspecified atom stereocenters. The molecule has 1 aliphatic rings. The molecule has 168 valence electrons. The molecule has 0 saturated carbocycles. The van der Waals surface area contributed by atoms with Crippen LogP contribution in [0, 0.1) is 5.92 Å². The zero-order valence-corrected chi connectivity index (χ0v) is 17.1. The van der Waals surface area contributed by atoms with Crippen LogP contribution in [-0.2, 0) is 47.6 Å². The van der Waals surface area contributed by atoms with E-state index in [1.165, 1.54) is 0 Å². The number of hydroxylamine groups is 2. The van der Waals surface area contributed by atoms with E-state index in [2.05, 4.69) is 4.84 Å². The highest BCUT2D eigenvalue weighted by Gasteiger charge is 2.32. The lowest BCUT2D eigenvalue weighted by molar-refractivity contribution is -0.200. The maximum atomic E-state index is 11.6. The molecular weight excluding hydrogens is 390 g/mol. The minimum Gasteiger partial charge on any atom is -0.382 e. The number of carbonyl (C=O) groups excluding carboxylic acids is 3. The molecule has 0 spiro atoms. The second kappa shape index (κ2) is 16.2. The van der Waals surface area contributed by atoms with Crippen molar-refractivity contribution in [1.82, 2.24) is 5.06 Å². The smallest absolute Gasteiger partial charge is 0.358 e. The number of imide groups is 1. The zero-order valence-electron chi connectivity index (χ0n) is 17.1. The first-order valence-corrected chi connectivity index (χ1v) is 9.43. The Bertz CT molecular complexity index is 459. The molecule has 0 N–H and O–H groups in total. The average molecular weight is 421 g/mol. The van der Waals surface area contributed by atoms with Crippen molar-refractivity contribution in [3.8, 4) is 0 Å². The van der Waals surface area contributed by atoms with Crippen LogP contribution in [0.3, 0.4) is 0 Å². The number of hydrogen-bond donors (Lipinski definition) is 0. The van der Waals surface area contributed by atoms with E-state index in [-0.39, 0.29) is 38.6 Å². The van der Waals surface area contributed by atoms with Crippen LogP contribution in [0.4, 0.5) is 0 Å². The second-order valence-corrected chi connectivity index (χ2v) is 6.17. The first kappa shape index (κ1) is 25.4. The van der Waals surface area contributed by atoms with Gasteiger partial charge < -0.3 is 33.3 Å². The van der Waals surface area contributed by atoms with Gasteiger partial charge in [-0.15, -0.1) is 5.06 Å². The number of carbonyl (C=O) groups is 3. The normalized spacial score (nSPS) is 14.2. The molecule has 2 amide bonds. The first-order chi connectivity index (χ1) is 14.1. The lowest BCUT2D eigenvalue weighted by Crippen LogP contribution is -2.33. The van der Waals surface area contributed by atoms with Crippen molar-refractivity contribution in [2.45, 2.75) is 12.8 Å². The van der Waals surface area contributed by atoms with Crippen LogP contribution in [-0.4, -0.2) is 103 Å². The Labute approximate surface area is 170 Å². The van der Waals surface area contributed by atoms with E-state index in [9.17, 15) is 14.4 Å². The van der Waals surface area contributed by atoms with Crippen molar-refractivity contribution >= 4 is 17.8 Å². The lowest BCUT2D eigenvalue weighted by atomic mass is 10.2. The van der Waals surface area contributed by atoms with Crippen LogP contribution in [0.25, 0.3) is 0 Å². The van der Waals surface area contributed by atoms with Gasteiger partial charge in [0.25, 0.3) is 11.8 Å². The Kier molecular flexibility index (Phi) is 14.2. The van der Waals surface area contributed by atoms with Crippen LogP contribution < -0.4 is 0 Å². The Morgan fingerprint density at radius 2 is 1.24 bits per heavy atom. The van der Waals surface area contributed by atoms with Crippen molar-refractivity contribution in [1.29, 1.82) is 0 Å². The molecule has 0 aromatic carbocycles. The molecule has 1 rings (SSSR count). The highest BCUT2D eigenvalue weighted by atomic mass is 16.7. The number of methoxy groups -OCH3 is 2. The SMILES string of the molecule is COCCOCC(COCCOC)COCCOCC(=O)ON1C(=O)CCC1=O. The number of ether oxygens (including phenoxy) is 6. The summed E-state index contributed by atoms with van der Waals surface area (Å²) < 4.78 is 31.6. The number of nitrogens with zero attached hydrogens (tertiary/aromatic N) is 1. The lowest BCUT2D eigenvalue weighted by Gasteiger charge is -2.17. The Balaban J connectivity index is 2.13. The fourth-order valence-electron chi connectivity index (χ4n) is 2.24. The Morgan fingerprint density at radius 3 is 1.72 bits per heavy atom. The van der Waals surface area contributed by atoms with E-state index >= 15 is 0 Å². The van der Waals surface area contributed by atoms with E-state index in [0.717, 1.165) is 0 Å². The maximum absolute atomic E-state index is 11.6. The van der Waals surface area contributed by atoms with Gasteiger partial charge in [0.2, 0.25) is 0 Å². The molecule has 11 heteroatoms. The summed E-state index contributed by atoms with van der Waals surface area (Å²) in [7, 11) is 3.21. The van der Waals surface area contributed by atoms with Gasteiger partial charge in [0.1, 0.15) is 6.61 Å². The van der Waals surface area contributed by atoms with Crippen molar-refractivity contribution < 1.29 is 47.6 Å². The van der Waals surface area contributed by atoms with Crippen LogP contribution >= 0.6 is 0 Å². The topological polar surface area (TPSA) is 119 Å². The molecule has 29 heavy (non-hydrogen) atoms. The van der Waals surface area contributed by atoms with Gasteiger partial charge >= 0.3 is 5.97 Å². The van der Waals surface area contributed by atoms with E-state index < -0.39 is 17.8 Å². The predicted molar refractivity (Wildman–Crippen MR) is 97.7 cm³/mol. The Hall–Kier alpha value is -1.63. The highest BCUT2D eigenvalue weighted by molar-refractivity contribution is 6.01. The minimum atomic E-state index is -0.815. The van der Waals surface area contributed by atoms with Crippen LogP contribution in [0.2, 0.25) is 0 Å². The third kappa shape index (κ3) is 11.8. The van der Waals surface area contributed by atoms with Crippen LogP contribution in [0.1, 0.15) is 12.8 Å². The van der Waals surface area contributed by atoms with Gasteiger partial charge in [0.05, 0.1) is 59.5 Å². The molecule has 0 aromatic rings. The summed E-state index contributed by atoms with van der Waals surface area (Å²) >= 11 is 0. The molecule has 1 fully saturated rings. The maximum Gasteiger partial charge on any atom is 0.358 e. The molecule has 0 bridgehead atoms. The quantitative estimate of drug-likeness (QED) is 0.213. The molecule has 0 aromatic heterocycles. The number of hydrogen-bond acceptors (Lipinski definition) is 10. The van der Waals surface area contributed by atoms with Crippen molar-refractivity contribution in [2.75, 3.05) is 80.3 Å². The van der Waals surface area contributed by atoms with Gasteiger partial charge in [0.15, 0.2) is 0 Å². The molecular formula is C18H31NO10. The van der Waals surface area contributed by atoms with Crippen molar-refractivity contribution in [3.63, 3.8) is 0 Å². The van der Waals surface area contributed by atoms with E-state index in [0.29, 0.717) is 51.3 Å². The van der Waals surface area contributed by atoms with Gasteiger partial charge in [-0.25, -0.2) is 4.79 Å².